The Morgan fingerprint density at radius 1 is 1.38 bits per heavy atom. The zero-order valence-electron chi connectivity index (χ0n) is 10.1. The first-order valence-corrected chi connectivity index (χ1v) is 7.33. The maximum absolute atomic E-state index is 11.4. The van der Waals surface area contributed by atoms with E-state index in [9.17, 15) is 8.42 Å². The highest BCUT2D eigenvalue weighted by Gasteiger charge is 2.41. The van der Waals surface area contributed by atoms with Crippen molar-refractivity contribution in [3.8, 4) is 0 Å². The molecule has 96 valence electrons. The van der Waals surface area contributed by atoms with Crippen molar-refractivity contribution in [1.82, 2.24) is 4.31 Å². The van der Waals surface area contributed by atoms with Crippen LogP contribution < -0.4 is 10.9 Å². The van der Waals surface area contributed by atoms with E-state index in [4.69, 9.17) is 10.9 Å². The summed E-state index contributed by atoms with van der Waals surface area (Å²) in [6.07, 6.45) is 4.85. The van der Waals surface area contributed by atoms with E-state index in [0.29, 0.717) is 12.5 Å². The summed E-state index contributed by atoms with van der Waals surface area (Å²) in [6.45, 7) is 2.51. The molecule has 6 heteroatoms. The van der Waals surface area contributed by atoms with Crippen molar-refractivity contribution in [1.29, 1.82) is 0 Å². The van der Waals surface area contributed by atoms with Crippen LogP contribution in [0.1, 0.15) is 39.0 Å². The summed E-state index contributed by atoms with van der Waals surface area (Å²) < 4.78 is 24.1. The lowest BCUT2D eigenvalue weighted by Gasteiger charge is -2.44. The van der Waals surface area contributed by atoms with Crippen LogP contribution in [0.25, 0.3) is 0 Å². The molecule has 0 atom stereocenters. The first kappa shape index (κ1) is 13.9. The van der Waals surface area contributed by atoms with Crippen molar-refractivity contribution in [2.45, 2.75) is 44.6 Å². The molecule has 1 rings (SSSR count). The SMILES string of the molecule is CCC1CCC(CN)(N(C)S(N)(=O)=O)CC1. The number of hydrogen-bond acceptors (Lipinski definition) is 3. The molecule has 0 aliphatic heterocycles. The van der Waals surface area contributed by atoms with Gasteiger partial charge in [-0.2, -0.15) is 12.7 Å². The van der Waals surface area contributed by atoms with Gasteiger partial charge in [0, 0.05) is 19.1 Å². The molecular weight excluding hydrogens is 226 g/mol. The van der Waals surface area contributed by atoms with Crippen LogP contribution in [-0.2, 0) is 10.2 Å². The minimum absolute atomic E-state index is 0.344. The van der Waals surface area contributed by atoms with Gasteiger partial charge in [0.2, 0.25) is 0 Å². The zero-order chi connectivity index (χ0) is 12.4. The van der Waals surface area contributed by atoms with E-state index in [1.807, 2.05) is 0 Å². The molecule has 0 aromatic rings. The van der Waals surface area contributed by atoms with Crippen molar-refractivity contribution in [3.05, 3.63) is 0 Å². The first-order valence-electron chi connectivity index (χ1n) is 5.82. The number of hydrogen-bond donors (Lipinski definition) is 2. The van der Waals surface area contributed by atoms with Crippen molar-refractivity contribution >= 4 is 10.2 Å². The van der Waals surface area contributed by atoms with E-state index >= 15 is 0 Å². The summed E-state index contributed by atoms with van der Waals surface area (Å²) in [5.41, 5.74) is 5.30. The molecule has 1 aliphatic carbocycles. The van der Waals surface area contributed by atoms with Crippen LogP contribution in [-0.4, -0.2) is 31.9 Å². The zero-order valence-corrected chi connectivity index (χ0v) is 11.0. The molecule has 5 nitrogen and oxygen atoms in total. The van der Waals surface area contributed by atoms with Gasteiger partial charge in [0.25, 0.3) is 10.2 Å². The third-order valence-corrected chi connectivity index (χ3v) is 5.19. The number of nitrogens with zero attached hydrogens (tertiary/aromatic N) is 1. The van der Waals surface area contributed by atoms with E-state index in [-0.39, 0.29) is 0 Å². The standard InChI is InChI=1S/C10H23N3O2S/c1-3-9-4-6-10(8-11,7-5-9)13(2)16(12,14)15/h9H,3-8,11H2,1-2H3,(H2,12,14,15). The Balaban J connectivity index is 2.81. The smallest absolute Gasteiger partial charge is 0.277 e. The highest BCUT2D eigenvalue weighted by Crippen LogP contribution is 2.37. The summed E-state index contributed by atoms with van der Waals surface area (Å²) >= 11 is 0. The fourth-order valence-corrected chi connectivity index (χ4v) is 3.34. The normalized spacial score (nSPS) is 31.9. The van der Waals surface area contributed by atoms with Crippen molar-refractivity contribution < 1.29 is 8.42 Å². The molecule has 0 aromatic heterocycles. The molecule has 0 bridgehead atoms. The Morgan fingerprint density at radius 2 is 1.88 bits per heavy atom. The van der Waals surface area contributed by atoms with Gasteiger partial charge in [0.15, 0.2) is 0 Å². The third-order valence-electron chi connectivity index (χ3n) is 4.04. The van der Waals surface area contributed by atoms with Crippen LogP contribution in [0.3, 0.4) is 0 Å². The molecule has 0 heterocycles. The molecule has 4 N–H and O–H groups in total. The molecule has 1 saturated carbocycles. The molecule has 0 radical (unpaired) electrons. The molecule has 0 saturated heterocycles. The molecule has 16 heavy (non-hydrogen) atoms. The van der Waals surface area contributed by atoms with Crippen molar-refractivity contribution in [3.63, 3.8) is 0 Å². The summed E-state index contributed by atoms with van der Waals surface area (Å²) in [7, 11) is -2.11. The van der Waals surface area contributed by atoms with Gasteiger partial charge in [-0.1, -0.05) is 13.3 Å². The Labute approximate surface area is 98.4 Å². The van der Waals surface area contributed by atoms with E-state index in [1.165, 1.54) is 11.4 Å². The lowest BCUT2D eigenvalue weighted by Crippen LogP contribution is -2.57. The largest absolute Gasteiger partial charge is 0.329 e. The fraction of sp³-hybridized carbons (Fsp3) is 1.00. The Kier molecular flexibility index (Phi) is 4.34. The number of nitrogens with two attached hydrogens (primary N) is 2. The topological polar surface area (TPSA) is 89.4 Å². The lowest BCUT2D eigenvalue weighted by atomic mass is 9.75. The minimum Gasteiger partial charge on any atom is -0.329 e. The van der Waals surface area contributed by atoms with E-state index in [0.717, 1.165) is 32.1 Å². The van der Waals surface area contributed by atoms with Gasteiger partial charge in [0.1, 0.15) is 0 Å². The first-order chi connectivity index (χ1) is 7.35. The third kappa shape index (κ3) is 2.74. The molecule has 0 unspecified atom stereocenters. The summed E-state index contributed by atoms with van der Waals surface area (Å²) in [4.78, 5) is 0. The van der Waals surface area contributed by atoms with Crippen LogP contribution in [0.2, 0.25) is 0 Å². The van der Waals surface area contributed by atoms with E-state index in [2.05, 4.69) is 6.92 Å². The average Bonchev–Trinajstić information content (AvgIpc) is 2.27. The van der Waals surface area contributed by atoms with Crippen LogP contribution >= 0.6 is 0 Å². The minimum atomic E-state index is -3.64. The van der Waals surface area contributed by atoms with Gasteiger partial charge >= 0.3 is 0 Å². The summed E-state index contributed by atoms with van der Waals surface area (Å²) in [5.74, 6) is 0.702. The van der Waals surface area contributed by atoms with E-state index < -0.39 is 15.7 Å². The molecule has 0 spiro atoms. The quantitative estimate of drug-likeness (QED) is 0.756. The van der Waals surface area contributed by atoms with E-state index in [1.54, 1.807) is 0 Å². The maximum atomic E-state index is 11.4. The van der Waals surface area contributed by atoms with Gasteiger partial charge in [-0.05, 0) is 31.6 Å². The molecule has 0 aromatic carbocycles. The fourth-order valence-electron chi connectivity index (χ4n) is 2.54. The van der Waals surface area contributed by atoms with Gasteiger partial charge < -0.3 is 5.73 Å². The monoisotopic (exact) mass is 249 g/mol. The van der Waals surface area contributed by atoms with Crippen molar-refractivity contribution in [2.75, 3.05) is 13.6 Å². The molecule has 1 aliphatic rings. The predicted molar refractivity (Wildman–Crippen MR) is 64.9 cm³/mol. The highest BCUT2D eigenvalue weighted by atomic mass is 32.2. The van der Waals surface area contributed by atoms with Crippen molar-refractivity contribution in [2.24, 2.45) is 16.8 Å². The number of likely N-dealkylation sites (N-methyl/N-ethyl adjacent to an activating group) is 1. The predicted octanol–water partition coefficient (Wildman–Crippen LogP) is 0.419. The second-order valence-corrected chi connectivity index (χ2v) is 6.37. The van der Waals surface area contributed by atoms with Crippen LogP contribution in [0, 0.1) is 5.92 Å². The Hall–Kier alpha value is -0.170. The van der Waals surface area contributed by atoms with Crippen LogP contribution in [0.4, 0.5) is 0 Å². The Morgan fingerprint density at radius 3 is 2.19 bits per heavy atom. The second-order valence-electron chi connectivity index (χ2n) is 4.79. The second kappa shape index (κ2) is 5.00. The molecule has 1 fully saturated rings. The average molecular weight is 249 g/mol. The van der Waals surface area contributed by atoms with Gasteiger partial charge in [0.05, 0.1) is 0 Å². The Bertz CT molecular complexity index is 321. The lowest BCUT2D eigenvalue weighted by molar-refractivity contribution is 0.129. The molecular formula is C10H23N3O2S. The highest BCUT2D eigenvalue weighted by molar-refractivity contribution is 7.86. The van der Waals surface area contributed by atoms with Gasteiger partial charge in [-0.3, -0.25) is 0 Å². The maximum Gasteiger partial charge on any atom is 0.277 e. The van der Waals surface area contributed by atoms with Gasteiger partial charge in [-0.15, -0.1) is 0 Å². The van der Waals surface area contributed by atoms with Crippen LogP contribution in [0.5, 0.6) is 0 Å². The number of rotatable bonds is 4. The summed E-state index contributed by atoms with van der Waals surface area (Å²) in [6, 6.07) is 0. The van der Waals surface area contributed by atoms with Crippen LogP contribution in [0.15, 0.2) is 0 Å². The molecule has 0 amide bonds. The van der Waals surface area contributed by atoms with Gasteiger partial charge in [-0.25, -0.2) is 5.14 Å². The summed E-state index contributed by atoms with van der Waals surface area (Å²) in [5, 5.41) is 5.18.